The molecule has 10 nitrogen and oxygen atoms in total. The molecule has 0 bridgehead atoms. The van der Waals surface area contributed by atoms with Crippen LogP contribution in [0.4, 0.5) is 23.1 Å². The molecule has 1 aliphatic rings. The van der Waals surface area contributed by atoms with Crippen LogP contribution in [0.1, 0.15) is 11.3 Å². The number of hydrogen-bond donors (Lipinski definition) is 2. The van der Waals surface area contributed by atoms with Crippen molar-refractivity contribution in [1.82, 2.24) is 15.0 Å². The second-order valence-corrected chi connectivity index (χ2v) is 6.01. The molecule has 1 aliphatic heterocycles. The molecule has 0 saturated heterocycles. The van der Waals surface area contributed by atoms with Crippen molar-refractivity contribution in [2.45, 2.75) is 13.5 Å². The summed E-state index contributed by atoms with van der Waals surface area (Å²) in [7, 11) is 0. The maximum atomic E-state index is 11.7. The van der Waals surface area contributed by atoms with E-state index in [0.717, 1.165) is 11.3 Å². The Labute approximate surface area is 159 Å². The third-order valence-corrected chi connectivity index (χ3v) is 4.04. The fourth-order valence-electron chi connectivity index (χ4n) is 2.74. The summed E-state index contributed by atoms with van der Waals surface area (Å²) >= 11 is 0. The zero-order valence-electron chi connectivity index (χ0n) is 14.9. The number of nitrogens with zero attached hydrogens (tertiary/aromatic N) is 4. The van der Waals surface area contributed by atoms with Crippen LogP contribution in [0.15, 0.2) is 42.7 Å². The molecule has 2 aromatic heterocycles. The molecule has 0 radical (unpaired) electrons. The highest BCUT2D eigenvalue weighted by molar-refractivity contribution is 5.72. The van der Waals surface area contributed by atoms with Crippen LogP contribution in [0, 0.1) is 17.0 Å². The van der Waals surface area contributed by atoms with E-state index in [0.29, 0.717) is 23.9 Å². The summed E-state index contributed by atoms with van der Waals surface area (Å²) < 4.78 is 10.6. The topological polar surface area (TPSA) is 124 Å². The number of aryl methyl sites for hydroxylation is 1. The summed E-state index contributed by atoms with van der Waals surface area (Å²) in [6, 6.07) is 10.8. The van der Waals surface area contributed by atoms with Gasteiger partial charge in [0.05, 0.1) is 4.92 Å². The summed E-state index contributed by atoms with van der Waals surface area (Å²) in [5, 5.41) is 17.5. The van der Waals surface area contributed by atoms with Crippen molar-refractivity contribution in [2.24, 2.45) is 0 Å². The second kappa shape index (κ2) is 7.35. The van der Waals surface area contributed by atoms with E-state index in [-0.39, 0.29) is 24.1 Å². The molecular weight excluding hydrogens is 364 g/mol. The lowest BCUT2D eigenvalue weighted by Gasteiger charge is -2.10. The quantitative estimate of drug-likeness (QED) is 0.490. The molecule has 0 amide bonds. The molecule has 3 aromatic rings. The summed E-state index contributed by atoms with van der Waals surface area (Å²) in [6.07, 6.45) is 1.26. The van der Waals surface area contributed by atoms with Crippen molar-refractivity contribution in [3.05, 3.63) is 64.1 Å². The average Bonchev–Trinajstić information content (AvgIpc) is 3.14. The Kier molecular flexibility index (Phi) is 4.58. The molecule has 0 unspecified atom stereocenters. The first-order chi connectivity index (χ1) is 13.6. The molecule has 0 saturated carbocycles. The molecule has 4 rings (SSSR count). The van der Waals surface area contributed by atoms with Gasteiger partial charge in [0.2, 0.25) is 18.4 Å². The highest BCUT2D eigenvalue weighted by Gasteiger charge is 2.23. The van der Waals surface area contributed by atoms with E-state index in [1.165, 1.54) is 6.33 Å². The van der Waals surface area contributed by atoms with Crippen molar-refractivity contribution in [1.29, 1.82) is 0 Å². The Morgan fingerprint density at radius 1 is 1.14 bits per heavy atom. The molecule has 0 fully saturated rings. The highest BCUT2D eigenvalue weighted by atomic mass is 16.7. The van der Waals surface area contributed by atoms with Crippen molar-refractivity contribution in [3.8, 4) is 11.5 Å². The van der Waals surface area contributed by atoms with Crippen molar-refractivity contribution < 1.29 is 14.4 Å². The fourth-order valence-corrected chi connectivity index (χ4v) is 2.74. The lowest BCUT2D eigenvalue weighted by Crippen LogP contribution is -2.08. The molecule has 3 heterocycles. The summed E-state index contributed by atoms with van der Waals surface area (Å²) in [4.78, 5) is 23.4. The Bertz CT molecular complexity index is 1040. The van der Waals surface area contributed by atoms with Crippen LogP contribution in [0.3, 0.4) is 0 Å². The number of fused-ring (bicyclic) bond motifs is 1. The lowest BCUT2D eigenvalue weighted by atomic mass is 10.2. The Morgan fingerprint density at radius 3 is 2.79 bits per heavy atom. The van der Waals surface area contributed by atoms with E-state index in [4.69, 9.17) is 9.47 Å². The summed E-state index contributed by atoms with van der Waals surface area (Å²) in [5.41, 5.74) is 1.39. The lowest BCUT2D eigenvalue weighted by molar-refractivity contribution is -0.383. The number of nitro groups is 1. The summed E-state index contributed by atoms with van der Waals surface area (Å²) in [6.45, 7) is 2.33. The van der Waals surface area contributed by atoms with Gasteiger partial charge >= 0.3 is 5.69 Å². The van der Waals surface area contributed by atoms with Gasteiger partial charge in [-0.25, -0.2) is 15.0 Å². The maximum Gasteiger partial charge on any atom is 0.353 e. The largest absolute Gasteiger partial charge is 0.454 e. The van der Waals surface area contributed by atoms with Crippen LogP contribution in [0.2, 0.25) is 0 Å². The van der Waals surface area contributed by atoms with Gasteiger partial charge < -0.3 is 20.1 Å². The summed E-state index contributed by atoms with van der Waals surface area (Å²) in [5.74, 6) is 1.95. The van der Waals surface area contributed by atoms with Crippen LogP contribution in [-0.2, 0) is 6.54 Å². The van der Waals surface area contributed by atoms with Crippen LogP contribution in [0.25, 0.3) is 0 Å². The monoisotopic (exact) mass is 380 g/mol. The van der Waals surface area contributed by atoms with Gasteiger partial charge in [-0.2, -0.15) is 0 Å². The van der Waals surface area contributed by atoms with Crippen LogP contribution in [-0.4, -0.2) is 26.7 Å². The van der Waals surface area contributed by atoms with Crippen LogP contribution < -0.4 is 20.1 Å². The Morgan fingerprint density at radius 2 is 1.96 bits per heavy atom. The molecule has 0 aliphatic carbocycles. The minimum Gasteiger partial charge on any atom is -0.454 e. The SMILES string of the molecule is Cc1cccc(Nc2ncnc(NCc3ccc4c(c3)OCO4)c2[N+](=O)[O-])n1. The zero-order valence-corrected chi connectivity index (χ0v) is 14.9. The van der Waals surface area contributed by atoms with Gasteiger partial charge in [-0.15, -0.1) is 0 Å². The molecule has 0 atom stereocenters. The van der Waals surface area contributed by atoms with E-state index in [9.17, 15) is 10.1 Å². The van der Waals surface area contributed by atoms with E-state index in [1.807, 2.05) is 25.1 Å². The number of rotatable bonds is 6. The van der Waals surface area contributed by atoms with E-state index in [1.54, 1.807) is 18.2 Å². The Hall–Kier alpha value is -3.95. The first kappa shape index (κ1) is 17.5. The normalized spacial score (nSPS) is 11.9. The molecule has 142 valence electrons. The Balaban J connectivity index is 1.57. The van der Waals surface area contributed by atoms with E-state index >= 15 is 0 Å². The van der Waals surface area contributed by atoms with Crippen LogP contribution in [0.5, 0.6) is 11.5 Å². The fraction of sp³-hybridized carbons (Fsp3) is 0.167. The number of anilines is 3. The zero-order chi connectivity index (χ0) is 19.5. The number of ether oxygens (including phenoxy) is 2. The van der Waals surface area contributed by atoms with Gasteiger partial charge in [0.15, 0.2) is 11.5 Å². The van der Waals surface area contributed by atoms with Crippen molar-refractivity contribution in [3.63, 3.8) is 0 Å². The first-order valence-electron chi connectivity index (χ1n) is 8.42. The van der Waals surface area contributed by atoms with Gasteiger partial charge in [0.1, 0.15) is 12.1 Å². The van der Waals surface area contributed by atoms with Crippen LogP contribution >= 0.6 is 0 Å². The molecule has 0 spiro atoms. The van der Waals surface area contributed by atoms with Gasteiger partial charge in [-0.3, -0.25) is 10.1 Å². The molecule has 10 heteroatoms. The second-order valence-electron chi connectivity index (χ2n) is 6.01. The third-order valence-electron chi connectivity index (χ3n) is 4.04. The standard InChI is InChI=1S/C18H16N6O4/c1-11-3-2-4-15(22-11)23-18-16(24(25)26)17(20-9-21-18)19-8-12-5-6-13-14(7-12)28-10-27-13/h2-7,9H,8,10H2,1H3,(H2,19,20,21,22,23). The molecule has 2 N–H and O–H groups in total. The highest BCUT2D eigenvalue weighted by Crippen LogP contribution is 2.34. The maximum absolute atomic E-state index is 11.7. The third kappa shape index (κ3) is 3.61. The number of pyridine rings is 1. The van der Waals surface area contributed by atoms with Gasteiger partial charge in [-0.1, -0.05) is 12.1 Å². The number of benzene rings is 1. The number of hydrogen-bond acceptors (Lipinski definition) is 9. The minimum absolute atomic E-state index is 0.0614. The smallest absolute Gasteiger partial charge is 0.353 e. The molecule has 28 heavy (non-hydrogen) atoms. The van der Waals surface area contributed by atoms with Crippen molar-refractivity contribution in [2.75, 3.05) is 17.4 Å². The predicted octanol–water partition coefficient (Wildman–Crippen LogP) is 3.17. The van der Waals surface area contributed by atoms with E-state index < -0.39 is 4.92 Å². The molecule has 1 aromatic carbocycles. The number of nitrogens with one attached hydrogen (secondary N) is 2. The van der Waals surface area contributed by atoms with Gasteiger partial charge in [-0.05, 0) is 36.8 Å². The van der Waals surface area contributed by atoms with Gasteiger partial charge in [0.25, 0.3) is 0 Å². The van der Waals surface area contributed by atoms with Gasteiger partial charge in [0, 0.05) is 12.2 Å². The van der Waals surface area contributed by atoms with E-state index in [2.05, 4.69) is 25.6 Å². The average molecular weight is 380 g/mol. The van der Waals surface area contributed by atoms with Crippen molar-refractivity contribution >= 4 is 23.1 Å². The minimum atomic E-state index is -0.528. The first-order valence-corrected chi connectivity index (χ1v) is 8.42. The number of aromatic nitrogens is 3. The predicted molar refractivity (Wildman–Crippen MR) is 101 cm³/mol. The molecular formula is C18H16N6O4.